The first-order valence-electron chi connectivity index (χ1n) is 10.1. The number of amides is 2. The monoisotopic (exact) mass is 412 g/mol. The molecule has 2 amide bonds. The van der Waals surface area contributed by atoms with Crippen LogP contribution in [0.2, 0.25) is 0 Å². The summed E-state index contributed by atoms with van der Waals surface area (Å²) < 4.78 is 0. The summed E-state index contributed by atoms with van der Waals surface area (Å²) in [4.78, 5) is 28.5. The van der Waals surface area contributed by atoms with Gasteiger partial charge in [0.15, 0.2) is 0 Å². The van der Waals surface area contributed by atoms with E-state index >= 15 is 0 Å². The van der Waals surface area contributed by atoms with Crippen molar-refractivity contribution in [1.82, 2.24) is 10.2 Å². The van der Waals surface area contributed by atoms with Crippen molar-refractivity contribution >= 4 is 23.6 Å². The van der Waals surface area contributed by atoms with Crippen molar-refractivity contribution in [1.29, 1.82) is 0 Å². The van der Waals surface area contributed by atoms with E-state index in [2.05, 4.69) is 25.2 Å². The van der Waals surface area contributed by atoms with Crippen LogP contribution in [0.5, 0.6) is 0 Å². The third kappa shape index (κ3) is 7.58. The van der Waals surface area contributed by atoms with Gasteiger partial charge >= 0.3 is 0 Å². The molecule has 2 rings (SSSR count). The van der Waals surface area contributed by atoms with E-state index in [1.54, 1.807) is 11.8 Å². The van der Waals surface area contributed by atoms with Crippen molar-refractivity contribution in [3.8, 4) is 0 Å². The average molecular weight is 413 g/mol. The Labute approximate surface area is 179 Å². The number of nitrogens with one attached hydrogen (secondary N) is 1. The summed E-state index contributed by atoms with van der Waals surface area (Å²) in [5.41, 5.74) is 3.36. The molecule has 0 saturated heterocycles. The molecule has 0 bridgehead atoms. The maximum absolute atomic E-state index is 13.1. The molecule has 29 heavy (non-hydrogen) atoms. The molecule has 1 N–H and O–H groups in total. The van der Waals surface area contributed by atoms with Crippen LogP contribution in [0.1, 0.15) is 37.5 Å². The van der Waals surface area contributed by atoms with E-state index in [0.29, 0.717) is 24.8 Å². The molecular formula is C24H32N2O2S. The molecule has 0 saturated carbocycles. The highest BCUT2D eigenvalue weighted by molar-refractivity contribution is 8.00. The molecule has 0 aliphatic carbocycles. The van der Waals surface area contributed by atoms with Gasteiger partial charge in [0.1, 0.15) is 6.04 Å². The zero-order valence-electron chi connectivity index (χ0n) is 18.1. The fourth-order valence-corrected chi connectivity index (χ4v) is 3.69. The molecule has 4 nitrogen and oxygen atoms in total. The Morgan fingerprint density at radius 3 is 2.31 bits per heavy atom. The number of carbonyl (C=O) groups is 2. The summed E-state index contributed by atoms with van der Waals surface area (Å²) in [5, 5.41) is 2.95. The average Bonchev–Trinajstić information content (AvgIpc) is 2.69. The molecule has 0 radical (unpaired) electrons. The van der Waals surface area contributed by atoms with Gasteiger partial charge in [-0.05, 0) is 44.4 Å². The minimum Gasteiger partial charge on any atom is -0.354 e. The Morgan fingerprint density at radius 2 is 1.69 bits per heavy atom. The van der Waals surface area contributed by atoms with Gasteiger partial charge in [0, 0.05) is 18.0 Å². The van der Waals surface area contributed by atoms with Gasteiger partial charge in [-0.2, -0.15) is 0 Å². The third-order valence-corrected chi connectivity index (χ3v) is 5.67. The molecule has 2 aromatic rings. The molecule has 0 aliphatic heterocycles. The number of hydrogen-bond donors (Lipinski definition) is 1. The van der Waals surface area contributed by atoms with Crippen molar-refractivity contribution < 1.29 is 9.59 Å². The summed E-state index contributed by atoms with van der Waals surface area (Å²) in [5.74, 6) is 0.518. The number of thioether (sulfide) groups is 1. The second-order valence-electron chi connectivity index (χ2n) is 7.93. The topological polar surface area (TPSA) is 49.4 Å². The summed E-state index contributed by atoms with van der Waals surface area (Å²) in [6.45, 7) is 11.0. The Hall–Kier alpha value is -2.27. The zero-order valence-corrected chi connectivity index (χ0v) is 18.9. The summed E-state index contributed by atoms with van der Waals surface area (Å²) in [7, 11) is 0. The van der Waals surface area contributed by atoms with Crippen molar-refractivity contribution in [3.63, 3.8) is 0 Å². The van der Waals surface area contributed by atoms with Crippen LogP contribution in [0.15, 0.2) is 53.4 Å². The van der Waals surface area contributed by atoms with Crippen LogP contribution in [-0.2, 0) is 16.1 Å². The third-order valence-electron chi connectivity index (χ3n) is 4.67. The molecule has 2 aromatic carbocycles. The first-order valence-corrected chi connectivity index (χ1v) is 11.1. The number of rotatable bonds is 9. The van der Waals surface area contributed by atoms with E-state index < -0.39 is 6.04 Å². The van der Waals surface area contributed by atoms with Crippen LogP contribution >= 0.6 is 11.8 Å². The second kappa shape index (κ2) is 11.1. The van der Waals surface area contributed by atoms with E-state index in [1.807, 2.05) is 56.3 Å². The standard InChI is InChI=1S/C24H32N2O2S/c1-17(2)14-25-24(28)20(5)26(15-21-8-6-7-19(4)13-21)23(27)16-29-22-11-9-18(3)10-12-22/h6-13,17,20H,14-16H2,1-5H3,(H,25,28)/t20-/m0/s1. The quantitative estimate of drug-likeness (QED) is 0.613. The second-order valence-corrected chi connectivity index (χ2v) is 8.98. The van der Waals surface area contributed by atoms with Gasteiger partial charge in [0.25, 0.3) is 0 Å². The molecule has 1 atom stereocenters. The van der Waals surface area contributed by atoms with E-state index in [1.165, 1.54) is 17.3 Å². The van der Waals surface area contributed by atoms with E-state index in [-0.39, 0.29) is 11.8 Å². The van der Waals surface area contributed by atoms with Gasteiger partial charge in [-0.15, -0.1) is 11.8 Å². The van der Waals surface area contributed by atoms with E-state index in [0.717, 1.165) is 16.0 Å². The molecule has 0 spiro atoms. The summed E-state index contributed by atoms with van der Waals surface area (Å²) in [6, 6.07) is 15.7. The Kier molecular flexibility index (Phi) is 8.77. The van der Waals surface area contributed by atoms with Gasteiger partial charge in [-0.25, -0.2) is 0 Å². The highest BCUT2D eigenvalue weighted by Gasteiger charge is 2.26. The van der Waals surface area contributed by atoms with Gasteiger partial charge in [0.05, 0.1) is 5.75 Å². The van der Waals surface area contributed by atoms with Gasteiger partial charge in [-0.1, -0.05) is 61.4 Å². The van der Waals surface area contributed by atoms with Crippen LogP contribution < -0.4 is 5.32 Å². The lowest BCUT2D eigenvalue weighted by Gasteiger charge is -2.29. The normalized spacial score (nSPS) is 11.9. The van der Waals surface area contributed by atoms with Crippen LogP contribution in [0.4, 0.5) is 0 Å². The van der Waals surface area contributed by atoms with Gasteiger partial charge < -0.3 is 10.2 Å². The van der Waals surface area contributed by atoms with Crippen molar-refractivity contribution in [3.05, 3.63) is 65.2 Å². The predicted molar refractivity (Wildman–Crippen MR) is 121 cm³/mol. The Balaban J connectivity index is 2.12. The lowest BCUT2D eigenvalue weighted by atomic mass is 10.1. The molecule has 0 aliphatic rings. The number of hydrogen-bond acceptors (Lipinski definition) is 3. The van der Waals surface area contributed by atoms with Crippen molar-refractivity contribution in [2.24, 2.45) is 5.92 Å². The van der Waals surface area contributed by atoms with Gasteiger partial charge in [-0.3, -0.25) is 9.59 Å². The number of aryl methyl sites for hydroxylation is 2. The SMILES string of the molecule is Cc1ccc(SCC(=O)N(Cc2cccc(C)c2)[C@@H](C)C(=O)NCC(C)C)cc1. The molecule has 0 heterocycles. The number of nitrogens with zero attached hydrogens (tertiary/aromatic N) is 1. The van der Waals surface area contributed by atoms with Crippen LogP contribution in [0.25, 0.3) is 0 Å². The van der Waals surface area contributed by atoms with Crippen molar-refractivity contribution in [2.75, 3.05) is 12.3 Å². The van der Waals surface area contributed by atoms with E-state index in [9.17, 15) is 9.59 Å². The minimum absolute atomic E-state index is 0.0377. The first kappa shape index (κ1) is 23.0. The van der Waals surface area contributed by atoms with Crippen molar-refractivity contribution in [2.45, 2.75) is 52.1 Å². The van der Waals surface area contributed by atoms with Crippen LogP contribution in [0.3, 0.4) is 0 Å². The lowest BCUT2D eigenvalue weighted by Crippen LogP contribution is -2.48. The molecule has 5 heteroatoms. The predicted octanol–water partition coefficient (Wildman–Crippen LogP) is 4.59. The Morgan fingerprint density at radius 1 is 1.00 bits per heavy atom. The molecular weight excluding hydrogens is 380 g/mol. The minimum atomic E-state index is -0.527. The molecule has 0 fully saturated rings. The smallest absolute Gasteiger partial charge is 0.242 e. The highest BCUT2D eigenvalue weighted by atomic mass is 32.2. The van der Waals surface area contributed by atoms with Gasteiger partial charge in [0.2, 0.25) is 11.8 Å². The summed E-state index contributed by atoms with van der Waals surface area (Å²) in [6.07, 6.45) is 0. The highest BCUT2D eigenvalue weighted by Crippen LogP contribution is 2.20. The lowest BCUT2D eigenvalue weighted by molar-refractivity contribution is -0.138. The molecule has 156 valence electrons. The van der Waals surface area contributed by atoms with Crippen LogP contribution in [-0.4, -0.2) is 35.1 Å². The Bertz CT molecular complexity index is 818. The molecule has 0 aromatic heterocycles. The zero-order chi connectivity index (χ0) is 21.4. The largest absolute Gasteiger partial charge is 0.354 e. The maximum atomic E-state index is 13.1. The number of carbonyl (C=O) groups excluding carboxylic acids is 2. The first-order chi connectivity index (χ1) is 13.8. The fraction of sp³-hybridized carbons (Fsp3) is 0.417. The number of benzene rings is 2. The van der Waals surface area contributed by atoms with E-state index in [4.69, 9.17) is 0 Å². The van der Waals surface area contributed by atoms with Crippen LogP contribution in [0, 0.1) is 19.8 Å². The maximum Gasteiger partial charge on any atom is 0.242 e. The summed E-state index contributed by atoms with van der Waals surface area (Å²) >= 11 is 1.50. The molecule has 0 unspecified atom stereocenters. The fourth-order valence-electron chi connectivity index (χ4n) is 2.90.